The molecule has 0 fully saturated rings. The zero-order chi connectivity index (χ0) is 17.2. The summed E-state index contributed by atoms with van der Waals surface area (Å²) in [7, 11) is 0. The van der Waals surface area contributed by atoms with Crippen LogP contribution in [0.5, 0.6) is 0 Å². The standard InChI is InChI=1S/C20H24N2O2/c1-16(12-13-17-8-4-2-5-9-17)22-20(24)15-21-19(23)14-18-10-6-3-7-11-18/h2-11,16H,12-15H2,1H3,(H,21,23)(H,22,24). The first-order valence-electron chi connectivity index (χ1n) is 8.27. The average Bonchev–Trinajstić information content (AvgIpc) is 2.60. The van der Waals surface area contributed by atoms with E-state index in [2.05, 4.69) is 22.8 Å². The highest BCUT2D eigenvalue weighted by atomic mass is 16.2. The van der Waals surface area contributed by atoms with Crippen molar-refractivity contribution in [3.8, 4) is 0 Å². The summed E-state index contributed by atoms with van der Waals surface area (Å²) in [6, 6.07) is 19.7. The van der Waals surface area contributed by atoms with E-state index in [1.54, 1.807) is 0 Å². The van der Waals surface area contributed by atoms with E-state index in [9.17, 15) is 9.59 Å². The zero-order valence-corrected chi connectivity index (χ0v) is 14.0. The maximum Gasteiger partial charge on any atom is 0.239 e. The summed E-state index contributed by atoms with van der Waals surface area (Å²) in [6.45, 7) is 1.99. The highest BCUT2D eigenvalue weighted by molar-refractivity contribution is 5.85. The van der Waals surface area contributed by atoms with Crippen LogP contribution >= 0.6 is 0 Å². The molecule has 2 aromatic rings. The number of carbonyl (C=O) groups is 2. The van der Waals surface area contributed by atoms with Gasteiger partial charge in [-0.15, -0.1) is 0 Å². The van der Waals surface area contributed by atoms with Crippen molar-refractivity contribution in [2.45, 2.75) is 32.2 Å². The van der Waals surface area contributed by atoms with Gasteiger partial charge < -0.3 is 10.6 Å². The van der Waals surface area contributed by atoms with Gasteiger partial charge in [0.15, 0.2) is 0 Å². The molecule has 24 heavy (non-hydrogen) atoms. The van der Waals surface area contributed by atoms with Crippen LogP contribution in [0.4, 0.5) is 0 Å². The van der Waals surface area contributed by atoms with Crippen molar-refractivity contribution in [2.75, 3.05) is 6.54 Å². The van der Waals surface area contributed by atoms with E-state index in [1.807, 2.05) is 55.5 Å². The second kappa shape index (κ2) is 9.50. The van der Waals surface area contributed by atoms with Gasteiger partial charge in [-0.25, -0.2) is 0 Å². The third-order valence-electron chi connectivity index (χ3n) is 3.77. The number of nitrogens with one attached hydrogen (secondary N) is 2. The van der Waals surface area contributed by atoms with E-state index >= 15 is 0 Å². The van der Waals surface area contributed by atoms with Gasteiger partial charge in [0.2, 0.25) is 11.8 Å². The lowest BCUT2D eigenvalue weighted by atomic mass is 10.1. The minimum Gasteiger partial charge on any atom is -0.352 e. The molecule has 2 amide bonds. The Kier molecular flexibility index (Phi) is 7.02. The number of amides is 2. The van der Waals surface area contributed by atoms with Gasteiger partial charge in [-0.05, 0) is 30.9 Å². The second-order valence-corrected chi connectivity index (χ2v) is 5.93. The highest BCUT2D eigenvalue weighted by Crippen LogP contribution is 2.04. The van der Waals surface area contributed by atoms with Crippen molar-refractivity contribution in [3.05, 3.63) is 71.8 Å². The Morgan fingerprint density at radius 1 is 0.875 bits per heavy atom. The largest absolute Gasteiger partial charge is 0.352 e. The molecule has 0 aliphatic rings. The third-order valence-corrected chi connectivity index (χ3v) is 3.77. The number of aryl methyl sites for hydroxylation is 1. The van der Waals surface area contributed by atoms with E-state index in [4.69, 9.17) is 0 Å². The Morgan fingerprint density at radius 3 is 2.08 bits per heavy atom. The van der Waals surface area contributed by atoms with Crippen LogP contribution in [0.15, 0.2) is 60.7 Å². The lowest BCUT2D eigenvalue weighted by molar-refractivity contribution is -0.126. The van der Waals surface area contributed by atoms with E-state index in [1.165, 1.54) is 5.56 Å². The van der Waals surface area contributed by atoms with Crippen LogP contribution in [0.2, 0.25) is 0 Å². The van der Waals surface area contributed by atoms with Gasteiger partial charge in [0, 0.05) is 6.04 Å². The minimum atomic E-state index is -0.156. The minimum absolute atomic E-state index is 0.0152. The second-order valence-electron chi connectivity index (χ2n) is 5.93. The summed E-state index contributed by atoms with van der Waals surface area (Å²) in [5, 5.41) is 5.57. The Balaban J connectivity index is 1.64. The smallest absolute Gasteiger partial charge is 0.239 e. The van der Waals surface area contributed by atoms with Crippen molar-refractivity contribution in [1.82, 2.24) is 10.6 Å². The molecule has 0 heterocycles. The van der Waals surface area contributed by atoms with Crippen LogP contribution in [-0.2, 0) is 22.4 Å². The molecule has 4 nitrogen and oxygen atoms in total. The summed E-state index contributed by atoms with van der Waals surface area (Å²) in [5.74, 6) is -0.301. The van der Waals surface area contributed by atoms with Crippen molar-refractivity contribution < 1.29 is 9.59 Å². The Morgan fingerprint density at radius 2 is 1.46 bits per heavy atom. The van der Waals surface area contributed by atoms with Crippen LogP contribution < -0.4 is 10.6 Å². The summed E-state index contributed by atoms with van der Waals surface area (Å²) >= 11 is 0. The van der Waals surface area contributed by atoms with Crippen molar-refractivity contribution in [3.63, 3.8) is 0 Å². The van der Waals surface area contributed by atoms with E-state index in [0.717, 1.165) is 18.4 Å². The molecular weight excluding hydrogens is 300 g/mol. The molecule has 0 aromatic heterocycles. The molecule has 0 spiro atoms. The number of rotatable bonds is 8. The maximum atomic E-state index is 11.9. The highest BCUT2D eigenvalue weighted by Gasteiger charge is 2.09. The topological polar surface area (TPSA) is 58.2 Å². The molecule has 2 aromatic carbocycles. The molecule has 1 unspecified atom stereocenters. The summed E-state index contributed by atoms with van der Waals surface area (Å²) in [5.41, 5.74) is 2.20. The molecule has 0 aliphatic heterocycles. The first kappa shape index (κ1) is 17.7. The number of carbonyl (C=O) groups excluding carboxylic acids is 2. The number of hydrogen-bond acceptors (Lipinski definition) is 2. The zero-order valence-electron chi connectivity index (χ0n) is 14.0. The molecule has 2 rings (SSSR count). The van der Waals surface area contributed by atoms with E-state index in [-0.39, 0.29) is 30.8 Å². The van der Waals surface area contributed by atoms with Gasteiger partial charge in [0.1, 0.15) is 0 Å². The number of hydrogen-bond donors (Lipinski definition) is 2. The molecule has 0 radical (unpaired) electrons. The fraction of sp³-hybridized carbons (Fsp3) is 0.300. The Hall–Kier alpha value is -2.62. The first-order valence-corrected chi connectivity index (χ1v) is 8.27. The van der Waals surface area contributed by atoms with Gasteiger partial charge in [0.25, 0.3) is 0 Å². The Labute approximate surface area is 143 Å². The Bertz CT molecular complexity index is 641. The van der Waals surface area contributed by atoms with Gasteiger partial charge in [-0.1, -0.05) is 60.7 Å². The fourth-order valence-electron chi connectivity index (χ4n) is 2.45. The predicted octanol–water partition coefficient (Wildman–Crippen LogP) is 2.48. The van der Waals surface area contributed by atoms with Crippen LogP contribution in [0.1, 0.15) is 24.5 Å². The molecular formula is C20H24N2O2. The SMILES string of the molecule is CC(CCc1ccccc1)NC(=O)CNC(=O)Cc1ccccc1. The van der Waals surface area contributed by atoms with Crippen LogP contribution in [0.3, 0.4) is 0 Å². The molecule has 0 saturated heterocycles. The molecule has 126 valence electrons. The average molecular weight is 324 g/mol. The summed E-state index contributed by atoms with van der Waals surface area (Å²) in [4.78, 5) is 23.7. The third kappa shape index (κ3) is 6.65. The van der Waals surface area contributed by atoms with Crippen molar-refractivity contribution in [2.24, 2.45) is 0 Å². The fourth-order valence-corrected chi connectivity index (χ4v) is 2.45. The van der Waals surface area contributed by atoms with Crippen LogP contribution in [0.25, 0.3) is 0 Å². The molecule has 4 heteroatoms. The molecule has 0 saturated carbocycles. The normalized spacial score (nSPS) is 11.5. The molecule has 0 bridgehead atoms. The van der Waals surface area contributed by atoms with Gasteiger partial charge in [-0.3, -0.25) is 9.59 Å². The van der Waals surface area contributed by atoms with Gasteiger partial charge in [0.05, 0.1) is 13.0 Å². The number of benzene rings is 2. The molecule has 0 aliphatic carbocycles. The maximum absolute atomic E-state index is 11.9. The summed E-state index contributed by atoms with van der Waals surface area (Å²) in [6.07, 6.45) is 2.08. The molecule has 1 atom stereocenters. The van der Waals surface area contributed by atoms with Crippen LogP contribution in [0, 0.1) is 0 Å². The first-order chi connectivity index (χ1) is 11.6. The lowest BCUT2D eigenvalue weighted by Gasteiger charge is -2.14. The predicted molar refractivity (Wildman–Crippen MR) is 95.5 cm³/mol. The van der Waals surface area contributed by atoms with Crippen molar-refractivity contribution >= 4 is 11.8 Å². The van der Waals surface area contributed by atoms with Gasteiger partial charge in [-0.2, -0.15) is 0 Å². The van der Waals surface area contributed by atoms with Crippen molar-refractivity contribution in [1.29, 1.82) is 0 Å². The lowest BCUT2D eigenvalue weighted by Crippen LogP contribution is -2.41. The monoisotopic (exact) mass is 324 g/mol. The molecule has 2 N–H and O–H groups in total. The summed E-state index contributed by atoms with van der Waals surface area (Å²) < 4.78 is 0. The van der Waals surface area contributed by atoms with E-state index < -0.39 is 0 Å². The van der Waals surface area contributed by atoms with Crippen LogP contribution in [-0.4, -0.2) is 24.4 Å². The van der Waals surface area contributed by atoms with Gasteiger partial charge >= 0.3 is 0 Å². The van der Waals surface area contributed by atoms with E-state index in [0.29, 0.717) is 0 Å². The quantitative estimate of drug-likeness (QED) is 0.784.